The lowest BCUT2D eigenvalue weighted by Crippen LogP contribution is -1.96. The molecule has 0 saturated carbocycles. The van der Waals surface area contributed by atoms with Gasteiger partial charge in [-0.05, 0) is 35.9 Å². The molecule has 0 aliphatic heterocycles. The molecule has 0 saturated heterocycles. The second-order valence-corrected chi connectivity index (χ2v) is 5.94. The summed E-state index contributed by atoms with van der Waals surface area (Å²) in [5, 5.41) is 9.98. The molecule has 4 aromatic rings. The molecule has 0 aliphatic rings. The smallest absolute Gasteiger partial charge is 0.335 e. The van der Waals surface area contributed by atoms with Crippen molar-refractivity contribution in [3.05, 3.63) is 90.0 Å². The summed E-state index contributed by atoms with van der Waals surface area (Å²) in [5.41, 5.74) is 2.65. The topological polar surface area (TPSA) is 59.7 Å². The first-order chi connectivity index (χ1) is 12.7. The Morgan fingerprint density at radius 3 is 2.50 bits per heavy atom. The van der Waals surface area contributed by atoms with Gasteiger partial charge in [-0.3, -0.25) is 0 Å². The third-order valence-corrected chi connectivity index (χ3v) is 4.16. The van der Waals surface area contributed by atoms with Gasteiger partial charge in [-0.2, -0.15) is 0 Å². The molecule has 1 N–H and O–H groups in total. The summed E-state index contributed by atoms with van der Waals surface area (Å²) in [6.07, 6.45) is 0. The third kappa shape index (κ3) is 3.17. The molecule has 0 aliphatic carbocycles. The molecule has 4 heteroatoms. The van der Waals surface area contributed by atoms with Crippen LogP contribution in [-0.4, -0.2) is 11.1 Å². The summed E-state index contributed by atoms with van der Waals surface area (Å²) >= 11 is 0. The molecule has 0 bridgehead atoms. The lowest BCUT2D eigenvalue weighted by atomic mass is 10.1. The summed E-state index contributed by atoms with van der Waals surface area (Å²) in [7, 11) is 0. The third-order valence-electron chi connectivity index (χ3n) is 4.16. The maximum absolute atomic E-state index is 11.1. The quantitative estimate of drug-likeness (QED) is 0.528. The van der Waals surface area contributed by atoms with Crippen LogP contribution in [0.4, 0.5) is 0 Å². The van der Waals surface area contributed by atoms with Crippen molar-refractivity contribution >= 4 is 16.9 Å². The summed E-state index contributed by atoms with van der Waals surface area (Å²) in [5.74, 6) is 0.386. The van der Waals surface area contributed by atoms with Gasteiger partial charge in [0, 0.05) is 5.39 Å². The van der Waals surface area contributed by atoms with Gasteiger partial charge in [0.1, 0.15) is 23.7 Å². The van der Waals surface area contributed by atoms with Gasteiger partial charge in [-0.15, -0.1) is 0 Å². The molecule has 128 valence electrons. The van der Waals surface area contributed by atoms with E-state index in [2.05, 4.69) is 0 Å². The summed E-state index contributed by atoms with van der Waals surface area (Å²) < 4.78 is 11.9. The standard InChI is InChI=1S/C22H16O4/c23-22(24)17-11-10-16-12-21(26-20(16)13-17)18-8-4-5-9-19(18)25-14-15-6-2-1-3-7-15/h1-13H,14H2,(H,23,24). The van der Waals surface area contributed by atoms with Crippen molar-refractivity contribution in [3.8, 4) is 17.1 Å². The molecular formula is C22H16O4. The van der Waals surface area contributed by atoms with Gasteiger partial charge in [0.05, 0.1) is 11.1 Å². The normalized spacial score (nSPS) is 10.8. The van der Waals surface area contributed by atoms with E-state index in [0.29, 0.717) is 23.7 Å². The van der Waals surface area contributed by atoms with Crippen molar-refractivity contribution in [2.45, 2.75) is 6.61 Å². The average molecular weight is 344 g/mol. The van der Waals surface area contributed by atoms with Crippen LogP contribution < -0.4 is 4.74 Å². The first-order valence-corrected chi connectivity index (χ1v) is 8.24. The molecule has 26 heavy (non-hydrogen) atoms. The van der Waals surface area contributed by atoms with E-state index in [0.717, 1.165) is 16.5 Å². The van der Waals surface area contributed by atoms with E-state index in [1.165, 1.54) is 6.07 Å². The van der Waals surface area contributed by atoms with Gasteiger partial charge in [0.25, 0.3) is 0 Å². The van der Waals surface area contributed by atoms with Gasteiger partial charge in [-0.1, -0.05) is 48.5 Å². The highest BCUT2D eigenvalue weighted by Gasteiger charge is 2.13. The minimum Gasteiger partial charge on any atom is -0.488 e. The second kappa shape index (κ2) is 6.76. The van der Waals surface area contributed by atoms with Gasteiger partial charge in [0.15, 0.2) is 0 Å². The number of fused-ring (bicyclic) bond motifs is 1. The largest absolute Gasteiger partial charge is 0.488 e. The molecule has 1 aromatic heterocycles. The van der Waals surface area contributed by atoms with Crippen LogP contribution in [-0.2, 0) is 6.61 Å². The molecule has 3 aromatic carbocycles. The molecule has 0 unspecified atom stereocenters. The Morgan fingerprint density at radius 2 is 1.69 bits per heavy atom. The first-order valence-electron chi connectivity index (χ1n) is 8.24. The Bertz CT molecular complexity index is 1060. The van der Waals surface area contributed by atoms with E-state index in [4.69, 9.17) is 14.3 Å². The van der Waals surface area contributed by atoms with E-state index in [1.807, 2.05) is 60.7 Å². The SMILES string of the molecule is O=C(O)c1ccc2cc(-c3ccccc3OCc3ccccc3)oc2c1. The Hall–Kier alpha value is -3.53. The number of ether oxygens (including phenoxy) is 1. The van der Waals surface area contributed by atoms with Crippen LogP contribution in [0, 0.1) is 0 Å². The maximum Gasteiger partial charge on any atom is 0.335 e. The number of aromatic carboxylic acids is 1. The van der Waals surface area contributed by atoms with Crippen LogP contribution in [0.1, 0.15) is 15.9 Å². The number of hydrogen-bond acceptors (Lipinski definition) is 3. The summed E-state index contributed by atoms with van der Waals surface area (Å²) in [4.78, 5) is 11.1. The fourth-order valence-electron chi connectivity index (χ4n) is 2.83. The van der Waals surface area contributed by atoms with E-state index >= 15 is 0 Å². The highest BCUT2D eigenvalue weighted by Crippen LogP contribution is 2.34. The Labute approximate surface area is 150 Å². The van der Waals surface area contributed by atoms with Crippen LogP contribution in [0.5, 0.6) is 5.75 Å². The Kier molecular flexibility index (Phi) is 4.15. The number of carboxylic acids is 1. The molecule has 4 nitrogen and oxygen atoms in total. The minimum absolute atomic E-state index is 0.201. The fraction of sp³-hybridized carbons (Fsp3) is 0.0455. The van der Waals surface area contributed by atoms with Crippen molar-refractivity contribution < 1.29 is 19.1 Å². The number of furan rings is 1. The van der Waals surface area contributed by atoms with E-state index in [1.54, 1.807) is 12.1 Å². The van der Waals surface area contributed by atoms with Gasteiger partial charge in [0.2, 0.25) is 0 Å². The van der Waals surface area contributed by atoms with Crippen LogP contribution in [0.25, 0.3) is 22.3 Å². The van der Waals surface area contributed by atoms with E-state index in [-0.39, 0.29) is 5.56 Å². The van der Waals surface area contributed by atoms with Crippen LogP contribution in [0.2, 0.25) is 0 Å². The molecular weight excluding hydrogens is 328 g/mol. The van der Waals surface area contributed by atoms with Crippen molar-refractivity contribution in [1.82, 2.24) is 0 Å². The lowest BCUT2D eigenvalue weighted by Gasteiger charge is -2.10. The van der Waals surface area contributed by atoms with Crippen molar-refractivity contribution in [1.29, 1.82) is 0 Å². The van der Waals surface area contributed by atoms with E-state index < -0.39 is 5.97 Å². The number of carbonyl (C=O) groups is 1. The van der Waals surface area contributed by atoms with Crippen molar-refractivity contribution in [3.63, 3.8) is 0 Å². The predicted molar refractivity (Wildman–Crippen MR) is 99.4 cm³/mol. The van der Waals surface area contributed by atoms with Crippen molar-refractivity contribution in [2.24, 2.45) is 0 Å². The number of hydrogen-bond donors (Lipinski definition) is 1. The summed E-state index contributed by atoms with van der Waals surface area (Å²) in [6.45, 7) is 0.460. The highest BCUT2D eigenvalue weighted by molar-refractivity contribution is 5.94. The monoisotopic (exact) mass is 344 g/mol. The van der Waals surface area contributed by atoms with Crippen LogP contribution in [0.3, 0.4) is 0 Å². The second-order valence-electron chi connectivity index (χ2n) is 5.94. The van der Waals surface area contributed by atoms with Crippen LogP contribution in [0.15, 0.2) is 83.3 Å². The Balaban J connectivity index is 1.67. The Morgan fingerprint density at radius 1 is 0.923 bits per heavy atom. The van der Waals surface area contributed by atoms with E-state index in [9.17, 15) is 4.79 Å². The number of benzene rings is 3. The number of carboxylic acid groups (broad SMARTS) is 1. The van der Waals surface area contributed by atoms with Crippen molar-refractivity contribution in [2.75, 3.05) is 0 Å². The molecule has 0 amide bonds. The minimum atomic E-state index is -0.976. The highest BCUT2D eigenvalue weighted by atomic mass is 16.5. The van der Waals surface area contributed by atoms with Gasteiger partial charge in [-0.25, -0.2) is 4.79 Å². The zero-order valence-electron chi connectivity index (χ0n) is 13.9. The molecule has 0 radical (unpaired) electrons. The van der Waals surface area contributed by atoms with Gasteiger partial charge < -0.3 is 14.3 Å². The molecule has 0 fully saturated rings. The lowest BCUT2D eigenvalue weighted by molar-refractivity contribution is 0.0697. The number of para-hydroxylation sites is 1. The molecule has 4 rings (SSSR count). The van der Waals surface area contributed by atoms with Gasteiger partial charge >= 0.3 is 5.97 Å². The molecule has 0 spiro atoms. The maximum atomic E-state index is 11.1. The average Bonchev–Trinajstić information content (AvgIpc) is 3.10. The predicted octanol–water partition coefficient (Wildman–Crippen LogP) is 5.38. The zero-order valence-corrected chi connectivity index (χ0v) is 13.9. The number of rotatable bonds is 5. The zero-order chi connectivity index (χ0) is 17.9. The van der Waals surface area contributed by atoms with Crippen LogP contribution >= 0.6 is 0 Å². The molecule has 1 heterocycles. The first kappa shape index (κ1) is 16.0. The summed E-state index contributed by atoms with van der Waals surface area (Å²) in [6, 6.07) is 24.3. The molecule has 0 atom stereocenters. The fourth-order valence-corrected chi connectivity index (χ4v) is 2.83.